The molecule has 1 heterocycles. The molecule has 5 rings (SSSR count). The highest BCUT2D eigenvalue weighted by molar-refractivity contribution is 5.75. The van der Waals surface area contributed by atoms with Gasteiger partial charge in [0.25, 0.3) is 0 Å². The van der Waals surface area contributed by atoms with Crippen molar-refractivity contribution in [1.82, 2.24) is 10.6 Å². The lowest BCUT2D eigenvalue weighted by Crippen LogP contribution is -2.54. The number of anilines is 1. The number of nitrogens with zero attached hydrogens (tertiary/aromatic N) is 1. The lowest BCUT2D eigenvalue weighted by atomic mass is 9.81. The van der Waals surface area contributed by atoms with Gasteiger partial charge in [0.1, 0.15) is 5.60 Å². The maximum Gasteiger partial charge on any atom is 0.315 e. The Bertz CT molecular complexity index is 1120. The third-order valence-corrected chi connectivity index (χ3v) is 8.37. The Hall–Kier alpha value is -3.31. The second-order valence-corrected chi connectivity index (χ2v) is 10.7. The van der Waals surface area contributed by atoms with E-state index in [1.807, 2.05) is 67.6 Å². The van der Waals surface area contributed by atoms with Gasteiger partial charge in [0.2, 0.25) is 0 Å². The first-order chi connectivity index (χ1) is 18.0. The van der Waals surface area contributed by atoms with E-state index in [1.54, 1.807) is 0 Å². The number of rotatable bonds is 8. The zero-order valence-corrected chi connectivity index (χ0v) is 21.8. The van der Waals surface area contributed by atoms with Crippen LogP contribution >= 0.6 is 0 Å². The molecule has 5 nitrogen and oxygen atoms in total. The van der Waals surface area contributed by atoms with Crippen LogP contribution in [0.4, 0.5) is 10.5 Å². The van der Waals surface area contributed by atoms with Crippen molar-refractivity contribution in [3.63, 3.8) is 0 Å². The van der Waals surface area contributed by atoms with Gasteiger partial charge in [-0.3, -0.25) is 0 Å². The van der Waals surface area contributed by atoms with Crippen LogP contribution in [0.15, 0.2) is 84.9 Å². The first-order valence-electron chi connectivity index (χ1n) is 13.8. The summed E-state index contributed by atoms with van der Waals surface area (Å²) >= 11 is 0. The molecule has 37 heavy (non-hydrogen) atoms. The van der Waals surface area contributed by atoms with E-state index in [0.717, 1.165) is 56.3 Å². The average Bonchev–Trinajstić information content (AvgIpc) is 3.36. The number of fused-ring (bicyclic) bond motifs is 1. The molecule has 3 N–H and O–H groups in total. The SMILES string of the molecule is CC(NC(=O)NC1CCC(CCN2CCc3ccccc32)CC1)C(O)(c1ccccc1)c1ccccc1. The molecule has 1 unspecified atom stereocenters. The number of amides is 2. The second kappa shape index (κ2) is 11.4. The van der Waals surface area contributed by atoms with Gasteiger partial charge in [0, 0.05) is 24.8 Å². The zero-order valence-electron chi connectivity index (χ0n) is 21.8. The normalized spacial score (nSPS) is 20.2. The van der Waals surface area contributed by atoms with E-state index in [1.165, 1.54) is 17.7 Å². The Labute approximate surface area is 220 Å². The van der Waals surface area contributed by atoms with E-state index >= 15 is 0 Å². The van der Waals surface area contributed by atoms with E-state index in [2.05, 4.69) is 39.8 Å². The fourth-order valence-corrected chi connectivity index (χ4v) is 6.15. The van der Waals surface area contributed by atoms with E-state index in [-0.39, 0.29) is 12.1 Å². The largest absolute Gasteiger partial charge is 0.378 e. The van der Waals surface area contributed by atoms with Crippen molar-refractivity contribution in [3.8, 4) is 0 Å². The van der Waals surface area contributed by atoms with Gasteiger partial charge in [0.05, 0.1) is 6.04 Å². The van der Waals surface area contributed by atoms with Crippen LogP contribution in [0.1, 0.15) is 55.7 Å². The standard InChI is InChI=1S/C32H39N3O2/c1-24(32(37,27-11-4-2-5-12-27)28-13-6-3-7-14-28)33-31(36)34-29-18-16-25(17-19-29)20-22-35-23-21-26-10-8-9-15-30(26)35/h2-15,24-25,29,37H,16-23H2,1H3,(H2,33,34,36). The predicted molar refractivity (Wildman–Crippen MR) is 150 cm³/mol. The molecule has 1 fully saturated rings. The molecule has 5 heteroatoms. The summed E-state index contributed by atoms with van der Waals surface area (Å²) in [6.45, 7) is 4.12. The van der Waals surface area contributed by atoms with Crippen molar-refractivity contribution in [2.45, 2.75) is 63.1 Å². The molecule has 0 bridgehead atoms. The van der Waals surface area contributed by atoms with Crippen LogP contribution < -0.4 is 15.5 Å². The smallest absolute Gasteiger partial charge is 0.315 e. The van der Waals surface area contributed by atoms with Gasteiger partial charge in [-0.1, -0.05) is 78.9 Å². The number of aliphatic hydroxyl groups is 1. The second-order valence-electron chi connectivity index (χ2n) is 10.7. The molecular formula is C32H39N3O2. The van der Waals surface area contributed by atoms with Gasteiger partial charge in [-0.05, 0) is 74.1 Å². The topological polar surface area (TPSA) is 64.6 Å². The summed E-state index contributed by atoms with van der Waals surface area (Å²) in [4.78, 5) is 15.5. The van der Waals surface area contributed by atoms with E-state index < -0.39 is 11.6 Å². The highest BCUT2D eigenvalue weighted by Gasteiger charge is 2.38. The molecule has 1 aliphatic heterocycles. The van der Waals surface area contributed by atoms with Crippen LogP contribution in [0, 0.1) is 5.92 Å². The number of nitrogens with one attached hydrogen (secondary N) is 2. The van der Waals surface area contributed by atoms with E-state index in [0.29, 0.717) is 5.92 Å². The number of carbonyl (C=O) groups is 1. The number of carbonyl (C=O) groups excluding carboxylic acids is 1. The average molecular weight is 498 g/mol. The fourth-order valence-electron chi connectivity index (χ4n) is 6.15. The van der Waals surface area contributed by atoms with Gasteiger partial charge < -0.3 is 20.6 Å². The van der Waals surface area contributed by atoms with Crippen LogP contribution in [0.25, 0.3) is 0 Å². The van der Waals surface area contributed by atoms with Gasteiger partial charge in [0.15, 0.2) is 0 Å². The Kier molecular flexibility index (Phi) is 7.80. The summed E-state index contributed by atoms with van der Waals surface area (Å²) in [5.74, 6) is 0.717. The number of urea groups is 1. The highest BCUT2D eigenvalue weighted by atomic mass is 16.3. The van der Waals surface area contributed by atoms with Crippen molar-refractivity contribution in [1.29, 1.82) is 0 Å². The zero-order chi connectivity index (χ0) is 25.7. The van der Waals surface area contributed by atoms with Gasteiger partial charge >= 0.3 is 6.03 Å². The van der Waals surface area contributed by atoms with Gasteiger partial charge in [-0.15, -0.1) is 0 Å². The third-order valence-electron chi connectivity index (χ3n) is 8.37. The Morgan fingerprint density at radius 3 is 2.16 bits per heavy atom. The molecule has 2 aliphatic rings. The molecule has 3 aromatic carbocycles. The molecule has 1 atom stereocenters. The molecule has 1 aliphatic carbocycles. The summed E-state index contributed by atoms with van der Waals surface area (Å²) in [7, 11) is 0. The highest BCUT2D eigenvalue weighted by Crippen LogP contribution is 2.34. The fraction of sp³-hybridized carbons (Fsp3) is 0.406. The number of hydrogen-bond donors (Lipinski definition) is 3. The number of benzene rings is 3. The summed E-state index contributed by atoms with van der Waals surface area (Å²) < 4.78 is 0. The molecule has 194 valence electrons. The van der Waals surface area contributed by atoms with Crippen molar-refractivity contribution >= 4 is 11.7 Å². The Balaban J connectivity index is 1.12. The van der Waals surface area contributed by atoms with E-state index in [4.69, 9.17) is 0 Å². The molecule has 3 aromatic rings. The van der Waals surface area contributed by atoms with Crippen LogP contribution in [0.5, 0.6) is 0 Å². The molecular weight excluding hydrogens is 458 g/mol. The third kappa shape index (κ3) is 5.67. The first-order valence-corrected chi connectivity index (χ1v) is 13.8. The quantitative estimate of drug-likeness (QED) is 0.378. The number of hydrogen-bond acceptors (Lipinski definition) is 3. The molecule has 1 saturated carbocycles. The predicted octanol–water partition coefficient (Wildman–Crippen LogP) is 5.62. The van der Waals surface area contributed by atoms with Crippen LogP contribution in [0.3, 0.4) is 0 Å². The maximum absolute atomic E-state index is 13.0. The molecule has 2 amide bonds. The first kappa shape index (κ1) is 25.3. The van der Waals surface area contributed by atoms with E-state index in [9.17, 15) is 9.90 Å². The molecule has 0 spiro atoms. The Morgan fingerprint density at radius 1 is 0.919 bits per heavy atom. The monoisotopic (exact) mass is 497 g/mol. The van der Waals surface area contributed by atoms with Crippen LogP contribution in [0.2, 0.25) is 0 Å². The summed E-state index contributed by atoms with van der Waals surface area (Å²) in [5.41, 5.74) is 3.08. The van der Waals surface area contributed by atoms with Crippen molar-refractivity contribution in [3.05, 3.63) is 102 Å². The minimum Gasteiger partial charge on any atom is -0.378 e. The minimum atomic E-state index is -1.33. The van der Waals surface area contributed by atoms with Crippen LogP contribution in [-0.4, -0.2) is 36.3 Å². The summed E-state index contributed by atoms with van der Waals surface area (Å²) in [6, 6.07) is 27.4. The number of para-hydroxylation sites is 1. The molecule has 0 radical (unpaired) electrons. The van der Waals surface area contributed by atoms with Crippen LogP contribution in [-0.2, 0) is 12.0 Å². The summed E-state index contributed by atoms with van der Waals surface area (Å²) in [6.07, 6.45) is 6.67. The maximum atomic E-state index is 13.0. The lowest BCUT2D eigenvalue weighted by molar-refractivity contribution is 0.0470. The summed E-state index contributed by atoms with van der Waals surface area (Å²) in [5, 5.41) is 18.1. The molecule has 0 saturated heterocycles. The Morgan fingerprint density at radius 2 is 1.51 bits per heavy atom. The van der Waals surface area contributed by atoms with Crippen molar-refractivity contribution < 1.29 is 9.90 Å². The molecule has 0 aromatic heterocycles. The van der Waals surface area contributed by atoms with Gasteiger partial charge in [-0.2, -0.15) is 0 Å². The van der Waals surface area contributed by atoms with Gasteiger partial charge in [-0.25, -0.2) is 4.79 Å². The lowest BCUT2D eigenvalue weighted by Gasteiger charge is -2.36. The van der Waals surface area contributed by atoms with Crippen molar-refractivity contribution in [2.75, 3.05) is 18.0 Å². The van der Waals surface area contributed by atoms with Crippen molar-refractivity contribution in [2.24, 2.45) is 5.92 Å². The minimum absolute atomic E-state index is 0.178.